The Labute approximate surface area is 152 Å². The largest absolute Gasteiger partial charge is 0.226 e. The average Bonchev–Trinajstić information content (AvgIpc) is 3.06. The van der Waals surface area contributed by atoms with Gasteiger partial charge in [0.2, 0.25) is 0 Å². The number of aryl methyl sites for hydroxylation is 1. The van der Waals surface area contributed by atoms with Gasteiger partial charge in [-0.1, -0.05) is 43.9 Å². The summed E-state index contributed by atoms with van der Waals surface area (Å²) in [4.78, 5) is 10.4. The highest BCUT2D eigenvalue weighted by Gasteiger charge is 2.16. The summed E-state index contributed by atoms with van der Waals surface area (Å²) in [5.74, 6) is 2.44. The first-order chi connectivity index (χ1) is 11.1. The number of rotatable bonds is 6. The van der Waals surface area contributed by atoms with Crippen molar-refractivity contribution in [3.63, 3.8) is 0 Å². The normalized spacial score (nSPS) is 11.7. The fourth-order valence-electron chi connectivity index (χ4n) is 2.23. The zero-order chi connectivity index (χ0) is 16.4. The Morgan fingerprint density at radius 2 is 1.96 bits per heavy atom. The van der Waals surface area contributed by atoms with E-state index in [4.69, 9.17) is 0 Å². The summed E-state index contributed by atoms with van der Waals surface area (Å²) in [7, 11) is 0. The van der Waals surface area contributed by atoms with Crippen molar-refractivity contribution in [2.45, 2.75) is 47.8 Å². The lowest BCUT2D eigenvalue weighted by molar-refractivity contribution is 0.650. The van der Waals surface area contributed by atoms with E-state index in [2.05, 4.69) is 46.3 Å². The maximum Gasteiger partial charge on any atom is 0.181 e. The molecule has 0 aliphatic carbocycles. The molecular formula is C15H18N4S4. The Morgan fingerprint density at radius 1 is 1.17 bits per heavy atom. The lowest BCUT2D eigenvalue weighted by Crippen LogP contribution is -1.96. The van der Waals surface area contributed by atoms with Gasteiger partial charge in [-0.3, -0.25) is 0 Å². The molecule has 0 aromatic carbocycles. The van der Waals surface area contributed by atoms with Crippen LogP contribution in [0.15, 0.2) is 19.1 Å². The van der Waals surface area contributed by atoms with Gasteiger partial charge in [0.1, 0.15) is 15.7 Å². The second-order valence-corrected chi connectivity index (χ2v) is 10.1. The van der Waals surface area contributed by atoms with E-state index in [1.165, 1.54) is 10.9 Å². The Bertz CT molecular complexity index is 809. The van der Waals surface area contributed by atoms with Crippen LogP contribution in [0.4, 0.5) is 0 Å². The summed E-state index contributed by atoms with van der Waals surface area (Å²) in [5, 5.41) is 13.0. The highest BCUT2D eigenvalue weighted by molar-refractivity contribution is 8.03. The first-order valence-electron chi connectivity index (χ1n) is 7.45. The Hall–Kier alpha value is -0.700. The van der Waals surface area contributed by atoms with E-state index in [9.17, 15) is 0 Å². The van der Waals surface area contributed by atoms with Crippen molar-refractivity contribution in [2.75, 3.05) is 5.75 Å². The molecule has 0 fully saturated rings. The average molecular weight is 383 g/mol. The lowest BCUT2D eigenvalue weighted by Gasteiger charge is -2.06. The number of fused-ring (bicyclic) bond motifs is 1. The summed E-state index contributed by atoms with van der Waals surface area (Å²) >= 11 is 6.68. The summed E-state index contributed by atoms with van der Waals surface area (Å²) in [6.45, 7) is 8.55. The van der Waals surface area contributed by atoms with E-state index >= 15 is 0 Å². The molecule has 0 amide bonds. The molecule has 4 nitrogen and oxygen atoms in total. The minimum absolute atomic E-state index is 0.612. The van der Waals surface area contributed by atoms with Crippen LogP contribution in [0, 0.1) is 12.8 Å². The molecule has 0 bridgehead atoms. The van der Waals surface area contributed by atoms with Crippen LogP contribution >= 0.6 is 46.2 Å². The molecule has 0 unspecified atom stereocenters. The highest BCUT2D eigenvalue weighted by Crippen LogP contribution is 2.39. The molecular weight excluding hydrogens is 364 g/mol. The molecule has 0 N–H and O–H groups in total. The van der Waals surface area contributed by atoms with Gasteiger partial charge < -0.3 is 0 Å². The van der Waals surface area contributed by atoms with Crippen molar-refractivity contribution in [3.05, 3.63) is 16.8 Å². The molecule has 0 spiro atoms. The predicted molar refractivity (Wildman–Crippen MR) is 101 cm³/mol. The highest BCUT2D eigenvalue weighted by atomic mass is 32.2. The van der Waals surface area contributed by atoms with Crippen LogP contribution in [0.3, 0.4) is 0 Å². The summed E-state index contributed by atoms with van der Waals surface area (Å²) in [5.41, 5.74) is 1.34. The molecule has 0 aliphatic heterocycles. The Morgan fingerprint density at radius 3 is 2.70 bits per heavy atom. The van der Waals surface area contributed by atoms with Crippen molar-refractivity contribution >= 4 is 56.4 Å². The molecule has 3 aromatic heterocycles. The predicted octanol–water partition coefficient (Wildman–Crippen LogP) is 5.31. The van der Waals surface area contributed by atoms with Gasteiger partial charge in [0.15, 0.2) is 8.68 Å². The molecule has 0 saturated carbocycles. The smallest absolute Gasteiger partial charge is 0.181 e. The number of hydrogen-bond acceptors (Lipinski definition) is 8. The molecule has 8 heteroatoms. The number of nitrogens with zero attached hydrogens (tertiary/aromatic N) is 4. The first kappa shape index (κ1) is 17.1. The fourth-order valence-corrected chi connectivity index (χ4v) is 6.34. The van der Waals surface area contributed by atoms with Gasteiger partial charge in [-0.15, -0.1) is 21.5 Å². The zero-order valence-electron chi connectivity index (χ0n) is 13.5. The van der Waals surface area contributed by atoms with Crippen LogP contribution in [-0.4, -0.2) is 25.9 Å². The fraction of sp³-hybridized carbons (Fsp3) is 0.467. The minimum atomic E-state index is 0.612. The standard InChI is InChI=1S/C15H18N4S4/c1-5-20-14-18-19-15(23-14)22-13-11-10(6-8(2)3)7-21-12(11)16-9(4)17-13/h7-8H,5-6H2,1-4H3. The molecule has 3 heterocycles. The van der Waals surface area contributed by atoms with Crippen LogP contribution in [0.1, 0.15) is 32.2 Å². The van der Waals surface area contributed by atoms with Gasteiger partial charge in [0.25, 0.3) is 0 Å². The topological polar surface area (TPSA) is 51.6 Å². The van der Waals surface area contributed by atoms with Crippen LogP contribution in [-0.2, 0) is 6.42 Å². The van der Waals surface area contributed by atoms with Crippen LogP contribution < -0.4 is 0 Å². The summed E-state index contributed by atoms with van der Waals surface area (Å²) < 4.78 is 1.96. The molecule has 0 saturated heterocycles. The van der Waals surface area contributed by atoms with E-state index < -0.39 is 0 Å². The van der Waals surface area contributed by atoms with Gasteiger partial charge in [-0.05, 0) is 47.7 Å². The molecule has 0 radical (unpaired) electrons. The number of aromatic nitrogens is 4. The van der Waals surface area contributed by atoms with Gasteiger partial charge in [0, 0.05) is 5.39 Å². The molecule has 3 aromatic rings. The minimum Gasteiger partial charge on any atom is -0.226 e. The van der Waals surface area contributed by atoms with Gasteiger partial charge in [-0.2, -0.15) is 0 Å². The van der Waals surface area contributed by atoms with Crippen molar-refractivity contribution in [1.29, 1.82) is 0 Å². The number of thioether (sulfide) groups is 1. The molecule has 3 rings (SSSR count). The van der Waals surface area contributed by atoms with E-state index in [0.29, 0.717) is 5.92 Å². The number of thiophene rings is 1. The first-order valence-corrected chi connectivity index (χ1v) is 11.0. The second kappa shape index (κ2) is 7.46. The molecule has 0 aliphatic rings. The van der Waals surface area contributed by atoms with Crippen LogP contribution in [0.5, 0.6) is 0 Å². The summed E-state index contributed by atoms with van der Waals surface area (Å²) in [6.07, 6.45) is 1.05. The Kier molecular flexibility index (Phi) is 5.56. The lowest BCUT2D eigenvalue weighted by atomic mass is 10.0. The van der Waals surface area contributed by atoms with E-state index in [1.807, 2.05) is 6.92 Å². The third-order valence-electron chi connectivity index (χ3n) is 3.06. The molecule has 122 valence electrons. The Balaban J connectivity index is 1.98. The van der Waals surface area contributed by atoms with Gasteiger partial charge in [0.05, 0.1) is 0 Å². The maximum absolute atomic E-state index is 4.68. The van der Waals surface area contributed by atoms with Crippen LogP contribution in [0.2, 0.25) is 0 Å². The SMILES string of the molecule is CCSc1nnc(Sc2nc(C)nc3scc(CC(C)C)c23)s1. The monoisotopic (exact) mass is 382 g/mol. The van der Waals surface area contributed by atoms with Crippen molar-refractivity contribution < 1.29 is 0 Å². The van der Waals surface area contributed by atoms with Gasteiger partial charge >= 0.3 is 0 Å². The third kappa shape index (κ3) is 4.04. The summed E-state index contributed by atoms with van der Waals surface area (Å²) in [6, 6.07) is 0. The molecule has 0 atom stereocenters. The second-order valence-electron chi connectivity index (χ2n) is 5.48. The van der Waals surface area contributed by atoms with Crippen molar-refractivity contribution in [1.82, 2.24) is 20.2 Å². The maximum atomic E-state index is 4.68. The van der Waals surface area contributed by atoms with Gasteiger partial charge in [-0.25, -0.2) is 9.97 Å². The van der Waals surface area contributed by atoms with E-state index in [-0.39, 0.29) is 0 Å². The molecule has 23 heavy (non-hydrogen) atoms. The van der Waals surface area contributed by atoms with E-state index in [1.54, 1.807) is 46.2 Å². The quantitative estimate of drug-likeness (QED) is 0.425. The van der Waals surface area contributed by atoms with Crippen molar-refractivity contribution in [3.8, 4) is 0 Å². The number of hydrogen-bond donors (Lipinski definition) is 0. The zero-order valence-corrected chi connectivity index (χ0v) is 16.8. The van der Waals surface area contributed by atoms with E-state index in [0.717, 1.165) is 36.5 Å². The van der Waals surface area contributed by atoms with Crippen LogP contribution in [0.25, 0.3) is 10.2 Å². The van der Waals surface area contributed by atoms with Crippen molar-refractivity contribution in [2.24, 2.45) is 5.92 Å². The third-order valence-corrected chi connectivity index (χ3v) is 6.96.